The Hall–Kier alpha value is -3.20. The molecule has 7 nitrogen and oxygen atoms in total. The Morgan fingerprint density at radius 1 is 1.07 bits per heavy atom. The van der Waals surface area contributed by atoms with E-state index in [-0.39, 0.29) is 11.7 Å². The van der Waals surface area contributed by atoms with Crippen LogP contribution in [0.3, 0.4) is 0 Å². The second-order valence-electron chi connectivity index (χ2n) is 6.28. The van der Waals surface area contributed by atoms with E-state index < -0.39 is 0 Å². The quantitative estimate of drug-likeness (QED) is 0.377. The Morgan fingerprint density at radius 3 is 2.70 bits per heavy atom. The molecular weight excluding hydrogens is 445 g/mol. The normalized spacial score (nSPS) is 11.1. The van der Waals surface area contributed by atoms with E-state index in [1.165, 1.54) is 11.3 Å². The third-order valence-corrected chi connectivity index (χ3v) is 5.83. The second-order valence-corrected chi connectivity index (χ2v) is 8.08. The highest BCUT2D eigenvalue weighted by molar-refractivity contribution is 7.19. The number of anilines is 1. The van der Waals surface area contributed by atoms with E-state index in [4.69, 9.17) is 27.6 Å². The molecule has 30 heavy (non-hydrogen) atoms. The Morgan fingerprint density at radius 2 is 1.90 bits per heavy atom. The molecule has 0 fully saturated rings. The number of fused-ring (bicyclic) bond motifs is 1. The van der Waals surface area contributed by atoms with Crippen molar-refractivity contribution in [1.29, 1.82) is 0 Å². The lowest BCUT2D eigenvalue weighted by molar-refractivity contribution is 0.0997. The predicted molar refractivity (Wildman–Crippen MR) is 116 cm³/mol. The maximum atomic E-state index is 12.6. The maximum Gasteiger partial charge on any atom is 0.291 e. The molecule has 0 aliphatic rings. The zero-order chi connectivity index (χ0) is 20.7. The number of amides is 1. The van der Waals surface area contributed by atoms with E-state index in [2.05, 4.69) is 20.6 Å². The van der Waals surface area contributed by atoms with Crippen molar-refractivity contribution in [2.24, 2.45) is 0 Å². The fourth-order valence-corrected chi connectivity index (χ4v) is 4.06. The van der Waals surface area contributed by atoms with Gasteiger partial charge in [-0.3, -0.25) is 4.79 Å². The average molecular weight is 456 g/mol. The molecule has 3 heterocycles. The van der Waals surface area contributed by atoms with Crippen LogP contribution in [0.2, 0.25) is 10.0 Å². The van der Waals surface area contributed by atoms with E-state index >= 15 is 0 Å². The molecule has 1 amide bonds. The van der Waals surface area contributed by atoms with E-state index in [9.17, 15) is 4.79 Å². The number of nitrogens with zero attached hydrogens (tertiary/aromatic N) is 4. The summed E-state index contributed by atoms with van der Waals surface area (Å²) in [6.45, 7) is 0. The molecular formula is C20H11Cl2N5O2S. The molecule has 1 N–H and O–H groups in total. The average Bonchev–Trinajstić information content (AvgIpc) is 3.46. The lowest BCUT2D eigenvalue weighted by Gasteiger charge is -2.04. The summed E-state index contributed by atoms with van der Waals surface area (Å²) >= 11 is 13.7. The largest absolute Gasteiger partial charge is 0.451 e. The standard InChI is InChI=1S/C20H11Cl2N5O2S/c21-12-3-6-15(22)14(9-12)16-7-8-17(29-16)18(28)24-13-4-1-11(2-5-13)19-26-27-10-23-25-20(27)30-19/h1-10H,(H,24,28). The number of aromatic nitrogens is 4. The highest BCUT2D eigenvalue weighted by Crippen LogP contribution is 2.32. The molecule has 2 aromatic carbocycles. The Balaban J connectivity index is 1.32. The monoisotopic (exact) mass is 455 g/mol. The fraction of sp³-hybridized carbons (Fsp3) is 0. The summed E-state index contributed by atoms with van der Waals surface area (Å²) in [4.78, 5) is 13.3. The van der Waals surface area contributed by atoms with Gasteiger partial charge in [0.2, 0.25) is 4.96 Å². The summed E-state index contributed by atoms with van der Waals surface area (Å²) in [5.74, 6) is 0.260. The number of carbonyl (C=O) groups is 1. The summed E-state index contributed by atoms with van der Waals surface area (Å²) in [5.41, 5.74) is 2.17. The SMILES string of the molecule is O=C(Nc1ccc(-c2nn3cnnc3s2)cc1)c1ccc(-c2cc(Cl)ccc2Cl)o1. The number of hydrogen-bond acceptors (Lipinski definition) is 6. The lowest BCUT2D eigenvalue weighted by atomic mass is 10.2. The van der Waals surface area contributed by atoms with E-state index in [1.54, 1.807) is 53.3 Å². The van der Waals surface area contributed by atoms with E-state index in [0.717, 1.165) is 15.5 Å². The van der Waals surface area contributed by atoms with Crippen molar-refractivity contribution >= 4 is 51.1 Å². The van der Waals surface area contributed by atoms with Gasteiger partial charge >= 0.3 is 0 Å². The van der Waals surface area contributed by atoms with Crippen molar-refractivity contribution in [2.45, 2.75) is 0 Å². The lowest BCUT2D eigenvalue weighted by Crippen LogP contribution is -2.10. The van der Waals surface area contributed by atoms with Gasteiger partial charge in [0.25, 0.3) is 5.91 Å². The highest BCUT2D eigenvalue weighted by Gasteiger charge is 2.15. The van der Waals surface area contributed by atoms with Crippen molar-refractivity contribution in [3.05, 3.63) is 76.7 Å². The minimum Gasteiger partial charge on any atom is -0.451 e. The molecule has 0 spiro atoms. The van der Waals surface area contributed by atoms with Crippen LogP contribution in [-0.2, 0) is 0 Å². The van der Waals surface area contributed by atoms with Crippen molar-refractivity contribution in [2.75, 3.05) is 5.32 Å². The van der Waals surface area contributed by atoms with Gasteiger partial charge in [-0.05, 0) is 54.6 Å². The Labute approximate surface area is 183 Å². The molecule has 3 aromatic heterocycles. The van der Waals surface area contributed by atoms with Crippen LogP contribution in [-0.4, -0.2) is 25.7 Å². The number of halogens is 2. The number of hydrogen-bond donors (Lipinski definition) is 1. The number of furan rings is 1. The smallest absolute Gasteiger partial charge is 0.291 e. The van der Waals surface area contributed by atoms with Gasteiger partial charge in [-0.25, -0.2) is 0 Å². The van der Waals surface area contributed by atoms with Crippen LogP contribution in [0.15, 0.2) is 65.3 Å². The van der Waals surface area contributed by atoms with Gasteiger partial charge in [0.15, 0.2) is 5.76 Å². The summed E-state index contributed by atoms with van der Waals surface area (Å²) in [6.07, 6.45) is 1.55. The molecule has 5 rings (SSSR count). The number of carbonyl (C=O) groups excluding carboxylic acids is 1. The van der Waals surface area contributed by atoms with Gasteiger partial charge in [-0.1, -0.05) is 34.5 Å². The third-order valence-electron chi connectivity index (χ3n) is 4.30. The molecule has 0 atom stereocenters. The van der Waals surface area contributed by atoms with Crippen LogP contribution in [0.5, 0.6) is 0 Å². The van der Waals surface area contributed by atoms with Gasteiger partial charge in [0, 0.05) is 21.8 Å². The molecule has 10 heteroatoms. The molecule has 0 radical (unpaired) electrons. The molecule has 0 aliphatic carbocycles. The molecule has 0 aliphatic heterocycles. The molecule has 0 bridgehead atoms. The highest BCUT2D eigenvalue weighted by atomic mass is 35.5. The summed E-state index contributed by atoms with van der Waals surface area (Å²) in [5, 5.41) is 16.8. The molecule has 0 saturated heterocycles. The van der Waals surface area contributed by atoms with Crippen LogP contribution < -0.4 is 5.32 Å². The fourth-order valence-electron chi connectivity index (χ4n) is 2.86. The maximum absolute atomic E-state index is 12.6. The Bertz CT molecular complexity index is 1350. The zero-order valence-electron chi connectivity index (χ0n) is 15.0. The van der Waals surface area contributed by atoms with Gasteiger partial charge in [0.1, 0.15) is 17.1 Å². The van der Waals surface area contributed by atoms with Gasteiger partial charge in [-0.2, -0.15) is 9.61 Å². The van der Waals surface area contributed by atoms with Gasteiger partial charge in [-0.15, -0.1) is 10.2 Å². The van der Waals surface area contributed by atoms with Gasteiger partial charge < -0.3 is 9.73 Å². The third kappa shape index (κ3) is 3.56. The van der Waals surface area contributed by atoms with E-state index in [1.807, 2.05) is 12.1 Å². The topological polar surface area (TPSA) is 85.3 Å². The van der Waals surface area contributed by atoms with E-state index in [0.29, 0.717) is 27.1 Å². The summed E-state index contributed by atoms with van der Waals surface area (Å²) in [7, 11) is 0. The first kappa shape index (κ1) is 18.8. The van der Waals surface area contributed by atoms with Crippen molar-refractivity contribution in [3.8, 4) is 21.9 Å². The number of rotatable bonds is 4. The Kier molecular flexibility index (Phi) is 4.74. The molecule has 5 aromatic rings. The number of nitrogens with one attached hydrogen (secondary N) is 1. The van der Waals surface area contributed by atoms with Crippen LogP contribution in [0.25, 0.3) is 26.9 Å². The van der Waals surface area contributed by atoms with Crippen molar-refractivity contribution in [3.63, 3.8) is 0 Å². The van der Waals surface area contributed by atoms with Gasteiger partial charge in [0.05, 0.1) is 5.02 Å². The zero-order valence-corrected chi connectivity index (χ0v) is 17.4. The molecule has 0 unspecified atom stereocenters. The minimum absolute atomic E-state index is 0.166. The van der Waals surface area contributed by atoms with Crippen molar-refractivity contribution < 1.29 is 9.21 Å². The molecule has 0 saturated carbocycles. The molecule has 148 valence electrons. The van der Waals surface area contributed by atoms with Crippen LogP contribution in [0.4, 0.5) is 5.69 Å². The summed E-state index contributed by atoms with van der Waals surface area (Å²) in [6, 6.07) is 15.7. The first-order chi connectivity index (χ1) is 14.6. The first-order valence-corrected chi connectivity index (χ1v) is 10.3. The second kappa shape index (κ2) is 7.56. The number of benzene rings is 2. The summed E-state index contributed by atoms with van der Waals surface area (Å²) < 4.78 is 7.30. The van der Waals surface area contributed by atoms with Crippen LogP contribution in [0.1, 0.15) is 10.6 Å². The van der Waals surface area contributed by atoms with Crippen molar-refractivity contribution in [1.82, 2.24) is 19.8 Å². The minimum atomic E-state index is -0.369. The predicted octanol–water partition coefficient (Wildman–Crippen LogP) is 5.67. The van der Waals surface area contributed by atoms with Crippen LogP contribution in [0, 0.1) is 0 Å². The first-order valence-electron chi connectivity index (χ1n) is 8.71. The van der Waals surface area contributed by atoms with Crippen LogP contribution >= 0.6 is 34.5 Å².